The average Bonchev–Trinajstić information content (AvgIpc) is 2.61. The second kappa shape index (κ2) is 3.57. The molecule has 1 amide bonds. The van der Waals surface area contributed by atoms with Crippen LogP contribution in [0.25, 0.3) is 0 Å². The van der Waals surface area contributed by atoms with Crippen LogP contribution in [0.1, 0.15) is 6.42 Å². The molecule has 1 saturated heterocycles. The Bertz CT molecular complexity index is 350. The van der Waals surface area contributed by atoms with E-state index in [2.05, 4.69) is 16.5 Å². The molecule has 0 aliphatic carbocycles. The van der Waals surface area contributed by atoms with Crippen molar-refractivity contribution in [1.29, 1.82) is 0 Å². The van der Waals surface area contributed by atoms with E-state index in [4.69, 9.17) is 0 Å². The Hall–Kier alpha value is -1.71. The third-order valence-electron chi connectivity index (χ3n) is 2.35. The van der Waals surface area contributed by atoms with Crippen LogP contribution < -0.4 is 4.90 Å². The Kier molecular flexibility index (Phi) is 2.26. The highest BCUT2D eigenvalue weighted by molar-refractivity contribution is 5.95. The van der Waals surface area contributed by atoms with Crippen molar-refractivity contribution in [3.05, 3.63) is 31.4 Å². The summed E-state index contributed by atoms with van der Waals surface area (Å²) in [4.78, 5) is 21.0. The van der Waals surface area contributed by atoms with Gasteiger partial charge in [0.25, 0.3) is 0 Å². The first-order chi connectivity index (χ1) is 6.81. The van der Waals surface area contributed by atoms with Gasteiger partial charge in [-0.05, 0) is 0 Å². The van der Waals surface area contributed by atoms with Gasteiger partial charge in [-0.1, -0.05) is 6.08 Å². The molecule has 1 atom stereocenters. The van der Waals surface area contributed by atoms with E-state index in [9.17, 15) is 4.79 Å². The summed E-state index contributed by atoms with van der Waals surface area (Å²) in [7, 11) is 0. The van der Waals surface area contributed by atoms with Gasteiger partial charge in [0, 0.05) is 18.9 Å². The normalized spacial score (nSPS) is 21.3. The van der Waals surface area contributed by atoms with Crippen LogP contribution in [0, 0.1) is 5.92 Å². The minimum absolute atomic E-state index is 0.115. The van der Waals surface area contributed by atoms with Gasteiger partial charge in [0.15, 0.2) is 0 Å². The first kappa shape index (κ1) is 8.87. The zero-order valence-corrected chi connectivity index (χ0v) is 7.76. The topological polar surface area (TPSA) is 46.1 Å². The molecular formula is C10H11N3O. The molecule has 0 aromatic carbocycles. The summed E-state index contributed by atoms with van der Waals surface area (Å²) in [6.07, 6.45) is 7.11. The minimum Gasteiger partial charge on any atom is -0.309 e. The minimum atomic E-state index is 0.115. The molecule has 1 fully saturated rings. The highest BCUT2D eigenvalue weighted by Crippen LogP contribution is 2.23. The maximum Gasteiger partial charge on any atom is 0.227 e. The molecule has 0 bridgehead atoms. The highest BCUT2D eigenvalue weighted by Gasteiger charge is 2.28. The monoisotopic (exact) mass is 189 g/mol. The van der Waals surface area contributed by atoms with Gasteiger partial charge in [0.2, 0.25) is 5.91 Å². The fourth-order valence-electron chi connectivity index (χ4n) is 1.57. The van der Waals surface area contributed by atoms with E-state index in [1.54, 1.807) is 17.3 Å². The number of hydrogen-bond acceptors (Lipinski definition) is 3. The van der Waals surface area contributed by atoms with Crippen molar-refractivity contribution >= 4 is 11.6 Å². The third kappa shape index (κ3) is 1.51. The van der Waals surface area contributed by atoms with Crippen LogP contribution in [0.4, 0.5) is 5.69 Å². The van der Waals surface area contributed by atoms with Crippen LogP contribution in [-0.4, -0.2) is 22.4 Å². The molecule has 4 heteroatoms. The standard InChI is InChI=1S/C10H11N3O/c1-2-8-3-10(14)13(6-8)9-4-11-7-12-5-9/h2,4-5,7-8H,1,3,6H2. The molecule has 72 valence electrons. The first-order valence-corrected chi connectivity index (χ1v) is 4.49. The van der Waals surface area contributed by atoms with E-state index in [1.165, 1.54) is 6.33 Å². The molecule has 2 heterocycles. The lowest BCUT2D eigenvalue weighted by atomic mass is 10.1. The molecule has 0 saturated carbocycles. The van der Waals surface area contributed by atoms with Crippen LogP contribution in [-0.2, 0) is 4.79 Å². The predicted octanol–water partition coefficient (Wildman–Crippen LogP) is 1.02. The van der Waals surface area contributed by atoms with Crippen molar-refractivity contribution < 1.29 is 4.79 Å². The van der Waals surface area contributed by atoms with E-state index >= 15 is 0 Å². The van der Waals surface area contributed by atoms with Gasteiger partial charge in [0.05, 0.1) is 18.1 Å². The quantitative estimate of drug-likeness (QED) is 0.652. The molecule has 14 heavy (non-hydrogen) atoms. The summed E-state index contributed by atoms with van der Waals surface area (Å²) in [6.45, 7) is 4.39. The lowest BCUT2D eigenvalue weighted by molar-refractivity contribution is -0.117. The number of amides is 1. The number of rotatable bonds is 2. The van der Waals surface area contributed by atoms with Crippen LogP contribution >= 0.6 is 0 Å². The van der Waals surface area contributed by atoms with Crippen LogP contribution in [0.15, 0.2) is 31.4 Å². The molecule has 2 rings (SSSR count). The first-order valence-electron chi connectivity index (χ1n) is 4.49. The zero-order chi connectivity index (χ0) is 9.97. The lowest BCUT2D eigenvalue weighted by Crippen LogP contribution is -2.24. The molecule has 0 radical (unpaired) electrons. The smallest absolute Gasteiger partial charge is 0.227 e. The maximum absolute atomic E-state index is 11.6. The Morgan fingerprint density at radius 3 is 2.79 bits per heavy atom. The molecule has 1 aliphatic rings. The van der Waals surface area contributed by atoms with Gasteiger partial charge >= 0.3 is 0 Å². The van der Waals surface area contributed by atoms with Crippen molar-refractivity contribution in [2.24, 2.45) is 5.92 Å². The van der Waals surface area contributed by atoms with Gasteiger partial charge < -0.3 is 4.90 Å². The number of anilines is 1. The molecule has 1 unspecified atom stereocenters. The number of hydrogen-bond donors (Lipinski definition) is 0. The molecule has 0 spiro atoms. The van der Waals surface area contributed by atoms with Crippen LogP contribution in [0.5, 0.6) is 0 Å². The molecule has 0 N–H and O–H groups in total. The van der Waals surface area contributed by atoms with E-state index in [0.717, 1.165) is 5.69 Å². The van der Waals surface area contributed by atoms with Crippen molar-refractivity contribution in [1.82, 2.24) is 9.97 Å². The van der Waals surface area contributed by atoms with E-state index in [-0.39, 0.29) is 11.8 Å². The predicted molar refractivity (Wildman–Crippen MR) is 52.7 cm³/mol. The van der Waals surface area contributed by atoms with Crippen molar-refractivity contribution in [2.75, 3.05) is 11.4 Å². The summed E-state index contributed by atoms with van der Waals surface area (Å²) < 4.78 is 0. The average molecular weight is 189 g/mol. The van der Waals surface area contributed by atoms with Crippen molar-refractivity contribution in [3.8, 4) is 0 Å². The van der Waals surface area contributed by atoms with E-state index < -0.39 is 0 Å². The Labute approximate surface area is 82.3 Å². The van der Waals surface area contributed by atoms with Crippen LogP contribution in [0.2, 0.25) is 0 Å². The summed E-state index contributed by atoms with van der Waals surface area (Å²) in [6, 6.07) is 0. The number of aromatic nitrogens is 2. The van der Waals surface area contributed by atoms with E-state index in [0.29, 0.717) is 13.0 Å². The van der Waals surface area contributed by atoms with Gasteiger partial charge in [-0.2, -0.15) is 0 Å². The lowest BCUT2D eigenvalue weighted by Gasteiger charge is -2.14. The van der Waals surface area contributed by atoms with Gasteiger partial charge in [0.1, 0.15) is 6.33 Å². The van der Waals surface area contributed by atoms with Crippen molar-refractivity contribution in [2.45, 2.75) is 6.42 Å². The molecule has 4 nitrogen and oxygen atoms in total. The number of carbonyl (C=O) groups excluding carboxylic acids is 1. The SMILES string of the molecule is C=CC1CC(=O)N(c2cncnc2)C1. The fourth-order valence-corrected chi connectivity index (χ4v) is 1.57. The Balaban J connectivity index is 2.21. The summed E-state index contributed by atoms with van der Waals surface area (Å²) >= 11 is 0. The van der Waals surface area contributed by atoms with Crippen LogP contribution in [0.3, 0.4) is 0 Å². The Morgan fingerprint density at radius 2 is 2.21 bits per heavy atom. The number of nitrogens with zero attached hydrogens (tertiary/aromatic N) is 3. The Morgan fingerprint density at radius 1 is 1.50 bits per heavy atom. The second-order valence-corrected chi connectivity index (χ2v) is 3.30. The third-order valence-corrected chi connectivity index (χ3v) is 2.35. The zero-order valence-electron chi connectivity index (χ0n) is 7.76. The second-order valence-electron chi connectivity index (χ2n) is 3.30. The maximum atomic E-state index is 11.6. The highest BCUT2D eigenvalue weighted by atomic mass is 16.2. The molecule has 1 aromatic rings. The van der Waals surface area contributed by atoms with Crippen molar-refractivity contribution in [3.63, 3.8) is 0 Å². The molecule has 1 aromatic heterocycles. The van der Waals surface area contributed by atoms with E-state index in [1.807, 2.05) is 6.08 Å². The summed E-state index contributed by atoms with van der Waals surface area (Å²) in [5, 5.41) is 0. The van der Waals surface area contributed by atoms with Gasteiger partial charge in [-0.15, -0.1) is 6.58 Å². The fraction of sp³-hybridized carbons (Fsp3) is 0.300. The molecular weight excluding hydrogens is 178 g/mol. The largest absolute Gasteiger partial charge is 0.309 e. The summed E-state index contributed by atoms with van der Waals surface area (Å²) in [5.74, 6) is 0.368. The summed E-state index contributed by atoms with van der Waals surface area (Å²) in [5.41, 5.74) is 0.766. The molecule has 1 aliphatic heterocycles. The van der Waals surface area contributed by atoms with Gasteiger partial charge in [-0.25, -0.2) is 9.97 Å². The number of carbonyl (C=O) groups is 1. The van der Waals surface area contributed by atoms with Gasteiger partial charge in [-0.3, -0.25) is 4.79 Å².